The molecule has 1 unspecified atom stereocenters. The zero-order chi connectivity index (χ0) is 13.2. The molecule has 2 aliphatic rings. The van der Waals surface area contributed by atoms with Crippen molar-refractivity contribution < 1.29 is 14.7 Å². The van der Waals surface area contributed by atoms with Gasteiger partial charge >= 0.3 is 5.97 Å². The lowest BCUT2D eigenvalue weighted by Crippen LogP contribution is -2.61. The molecule has 0 aromatic rings. The summed E-state index contributed by atoms with van der Waals surface area (Å²) in [6.45, 7) is 2.81. The van der Waals surface area contributed by atoms with Crippen LogP contribution in [0.1, 0.15) is 51.9 Å². The summed E-state index contributed by atoms with van der Waals surface area (Å²) in [4.78, 5) is 23.9. The minimum absolute atomic E-state index is 0.133. The summed E-state index contributed by atoms with van der Waals surface area (Å²) in [6.07, 6.45) is 5.32. The minimum Gasteiger partial charge on any atom is -0.480 e. The Kier molecular flexibility index (Phi) is 3.61. The SMILES string of the molecule is CCC1(C(=O)NC2(C(=O)O)CCCC2)CCCN1. The molecule has 1 heterocycles. The van der Waals surface area contributed by atoms with Gasteiger partial charge in [0, 0.05) is 0 Å². The maximum atomic E-state index is 12.4. The van der Waals surface area contributed by atoms with Crippen LogP contribution in [0.15, 0.2) is 0 Å². The monoisotopic (exact) mass is 254 g/mol. The predicted octanol–water partition coefficient (Wildman–Crippen LogP) is 1.03. The van der Waals surface area contributed by atoms with Crippen LogP contribution in [-0.4, -0.2) is 34.6 Å². The highest BCUT2D eigenvalue weighted by atomic mass is 16.4. The first kappa shape index (κ1) is 13.3. The fraction of sp³-hybridized carbons (Fsp3) is 0.846. The van der Waals surface area contributed by atoms with Gasteiger partial charge in [0.1, 0.15) is 5.54 Å². The van der Waals surface area contributed by atoms with Crippen molar-refractivity contribution in [2.45, 2.75) is 62.9 Å². The fourth-order valence-electron chi connectivity index (χ4n) is 3.17. The van der Waals surface area contributed by atoms with Gasteiger partial charge in [-0.3, -0.25) is 4.79 Å². The number of rotatable bonds is 4. The molecule has 2 rings (SSSR count). The Balaban J connectivity index is 2.12. The number of aliphatic carboxylic acids is 1. The van der Waals surface area contributed by atoms with Crippen LogP contribution < -0.4 is 10.6 Å². The summed E-state index contributed by atoms with van der Waals surface area (Å²) in [5, 5.41) is 15.4. The molecule has 102 valence electrons. The summed E-state index contributed by atoms with van der Waals surface area (Å²) in [7, 11) is 0. The van der Waals surface area contributed by atoms with Crippen molar-refractivity contribution in [2.24, 2.45) is 0 Å². The number of hydrogen-bond acceptors (Lipinski definition) is 3. The lowest BCUT2D eigenvalue weighted by Gasteiger charge is -2.33. The first-order valence-corrected chi connectivity index (χ1v) is 6.86. The molecule has 1 saturated carbocycles. The van der Waals surface area contributed by atoms with E-state index in [1.165, 1.54) is 0 Å². The number of carbonyl (C=O) groups is 2. The van der Waals surface area contributed by atoms with Gasteiger partial charge in [-0.2, -0.15) is 0 Å². The van der Waals surface area contributed by atoms with E-state index in [1.807, 2.05) is 6.92 Å². The van der Waals surface area contributed by atoms with Crippen LogP contribution in [-0.2, 0) is 9.59 Å². The van der Waals surface area contributed by atoms with Crippen LogP contribution in [0.25, 0.3) is 0 Å². The molecular formula is C13H22N2O3. The molecular weight excluding hydrogens is 232 g/mol. The minimum atomic E-state index is -1.02. The molecule has 0 aromatic carbocycles. The average Bonchev–Trinajstić information content (AvgIpc) is 2.98. The van der Waals surface area contributed by atoms with Gasteiger partial charge in [-0.1, -0.05) is 19.8 Å². The molecule has 1 aliphatic carbocycles. The maximum Gasteiger partial charge on any atom is 0.329 e. The van der Waals surface area contributed by atoms with Crippen molar-refractivity contribution in [3.8, 4) is 0 Å². The van der Waals surface area contributed by atoms with Gasteiger partial charge in [0.2, 0.25) is 5.91 Å². The van der Waals surface area contributed by atoms with Crippen molar-refractivity contribution in [1.82, 2.24) is 10.6 Å². The molecule has 0 spiro atoms. The van der Waals surface area contributed by atoms with E-state index >= 15 is 0 Å². The highest BCUT2D eigenvalue weighted by Crippen LogP contribution is 2.32. The molecule has 0 bridgehead atoms. The van der Waals surface area contributed by atoms with Gasteiger partial charge in [0.05, 0.1) is 5.54 Å². The molecule has 1 saturated heterocycles. The number of carboxylic acid groups (broad SMARTS) is 1. The van der Waals surface area contributed by atoms with Crippen LogP contribution in [0.3, 0.4) is 0 Å². The lowest BCUT2D eigenvalue weighted by atomic mass is 9.90. The Morgan fingerprint density at radius 3 is 2.33 bits per heavy atom. The molecule has 5 heteroatoms. The van der Waals surface area contributed by atoms with Gasteiger partial charge in [0.15, 0.2) is 0 Å². The van der Waals surface area contributed by atoms with Gasteiger partial charge in [-0.05, 0) is 38.6 Å². The third kappa shape index (κ3) is 2.11. The first-order valence-electron chi connectivity index (χ1n) is 6.86. The highest BCUT2D eigenvalue weighted by molar-refractivity contribution is 5.92. The molecule has 5 nitrogen and oxygen atoms in total. The Bertz CT molecular complexity index is 342. The van der Waals surface area contributed by atoms with Crippen molar-refractivity contribution in [3.63, 3.8) is 0 Å². The van der Waals surface area contributed by atoms with Crippen molar-refractivity contribution in [3.05, 3.63) is 0 Å². The molecule has 0 radical (unpaired) electrons. The highest BCUT2D eigenvalue weighted by Gasteiger charge is 2.47. The van der Waals surface area contributed by atoms with Crippen LogP contribution in [0.2, 0.25) is 0 Å². The van der Waals surface area contributed by atoms with Gasteiger partial charge < -0.3 is 15.7 Å². The molecule has 18 heavy (non-hydrogen) atoms. The molecule has 1 atom stereocenters. The van der Waals surface area contributed by atoms with Gasteiger partial charge in [0.25, 0.3) is 0 Å². The third-order valence-corrected chi connectivity index (χ3v) is 4.50. The van der Waals surface area contributed by atoms with Crippen molar-refractivity contribution in [2.75, 3.05) is 6.54 Å². The van der Waals surface area contributed by atoms with Crippen molar-refractivity contribution >= 4 is 11.9 Å². The zero-order valence-corrected chi connectivity index (χ0v) is 10.9. The van der Waals surface area contributed by atoms with E-state index in [4.69, 9.17) is 0 Å². The van der Waals surface area contributed by atoms with Crippen LogP contribution in [0, 0.1) is 0 Å². The Labute approximate surface area is 107 Å². The van der Waals surface area contributed by atoms with Crippen molar-refractivity contribution in [1.29, 1.82) is 0 Å². The second kappa shape index (κ2) is 4.88. The predicted molar refractivity (Wildman–Crippen MR) is 67.2 cm³/mol. The second-order valence-electron chi connectivity index (χ2n) is 5.51. The normalized spacial score (nSPS) is 30.3. The van der Waals surface area contributed by atoms with E-state index < -0.39 is 17.0 Å². The second-order valence-corrected chi connectivity index (χ2v) is 5.51. The molecule has 1 amide bonds. The molecule has 1 aliphatic heterocycles. The summed E-state index contributed by atoms with van der Waals surface area (Å²) >= 11 is 0. The number of hydrogen-bond donors (Lipinski definition) is 3. The summed E-state index contributed by atoms with van der Waals surface area (Å²) in [5.41, 5.74) is -1.57. The van der Waals surface area contributed by atoms with E-state index in [9.17, 15) is 14.7 Å². The van der Waals surface area contributed by atoms with Crippen LogP contribution >= 0.6 is 0 Å². The molecule has 3 N–H and O–H groups in total. The van der Waals surface area contributed by atoms with E-state index in [0.717, 1.165) is 32.2 Å². The Morgan fingerprint density at radius 1 is 1.22 bits per heavy atom. The first-order chi connectivity index (χ1) is 8.55. The molecule has 2 fully saturated rings. The average molecular weight is 254 g/mol. The van der Waals surface area contributed by atoms with Crippen LogP contribution in [0.4, 0.5) is 0 Å². The Hall–Kier alpha value is -1.10. The molecule has 0 aromatic heterocycles. The quantitative estimate of drug-likeness (QED) is 0.700. The van der Waals surface area contributed by atoms with Gasteiger partial charge in [-0.15, -0.1) is 0 Å². The standard InChI is InChI=1S/C13H22N2O3/c1-2-12(8-5-9-14-12)10(16)15-13(11(17)18)6-3-4-7-13/h14H,2-9H2,1H3,(H,15,16)(H,17,18). The third-order valence-electron chi connectivity index (χ3n) is 4.50. The lowest BCUT2D eigenvalue weighted by molar-refractivity contribution is -0.148. The van der Waals surface area contributed by atoms with E-state index in [1.54, 1.807) is 0 Å². The number of amides is 1. The van der Waals surface area contributed by atoms with Crippen LogP contribution in [0.5, 0.6) is 0 Å². The number of carboxylic acids is 1. The number of carbonyl (C=O) groups excluding carboxylic acids is 1. The maximum absolute atomic E-state index is 12.4. The van der Waals surface area contributed by atoms with E-state index in [0.29, 0.717) is 19.3 Å². The topological polar surface area (TPSA) is 78.4 Å². The Morgan fingerprint density at radius 2 is 1.89 bits per heavy atom. The summed E-state index contributed by atoms with van der Waals surface area (Å²) < 4.78 is 0. The summed E-state index contributed by atoms with van der Waals surface area (Å²) in [5.74, 6) is -1.02. The number of nitrogens with one attached hydrogen (secondary N) is 2. The van der Waals surface area contributed by atoms with E-state index in [-0.39, 0.29) is 5.91 Å². The van der Waals surface area contributed by atoms with E-state index in [2.05, 4.69) is 10.6 Å². The largest absolute Gasteiger partial charge is 0.480 e. The fourth-order valence-corrected chi connectivity index (χ4v) is 3.17. The van der Waals surface area contributed by atoms with Gasteiger partial charge in [-0.25, -0.2) is 4.79 Å². The zero-order valence-electron chi connectivity index (χ0n) is 10.9. The smallest absolute Gasteiger partial charge is 0.329 e. The summed E-state index contributed by atoms with van der Waals surface area (Å²) in [6, 6.07) is 0.